The second-order valence-corrected chi connectivity index (χ2v) is 18.3. The third-order valence-electron chi connectivity index (χ3n) is 10.3. The third-order valence-corrected chi connectivity index (χ3v) is 12.0. The predicted octanol–water partition coefficient (Wildman–Crippen LogP) is 12.4. The maximum Gasteiger partial charge on any atom is 2.00 e. The fraction of sp³-hybridized carbons (Fsp3) is 0.500. The molecule has 13 heteroatoms. The third kappa shape index (κ3) is 22.9. The van der Waals surface area contributed by atoms with Gasteiger partial charge in [0, 0.05) is 6.07 Å². The van der Waals surface area contributed by atoms with Gasteiger partial charge in [0.1, 0.15) is 27.4 Å². The van der Waals surface area contributed by atoms with E-state index in [9.17, 15) is 36.2 Å². The summed E-state index contributed by atoms with van der Waals surface area (Å²) in [6.45, 7) is 4.48. The van der Waals surface area contributed by atoms with Crippen LogP contribution >= 0.6 is 0 Å². The molecule has 0 spiro atoms. The summed E-state index contributed by atoms with van der Waals surface area (Å²) in [5.74, 6) is 0.133. The van der Waals surface area contributed by atoms with Crippen LogP contribution in [0.25, 0.3) is 0 Å². The second kappa shape index (κ2) is 30.3. The van der Waals surface area contributed by atoms with Gasteiger partial charge >= 0.3 is 37.7 Å². The van der Waals surface area contributed by atoms with E-state index in [1.54, 1.807) is 12.1 Å². The Morgan fingerprint density at radius 3 is 1.33 bits per heavy atom. The van der Waals surface area contributed by atoms with Crippen molar-refractivity contribution in [1.29, 1.82) is 0 Å². The number of phenolic OH excluding ortho intramolecular Hbond substituents is 1. The largest absolute Gasteiger partial charge is 2.00 e. The van der Waals surface area contributed by atoms with Gasteiger partial charge in [-0.05, 0) is 85.3 Å². The minimum atomic E-state index is -4.64. The molecule has 61 heavy (non-hydrogen) atoms. The summed E-state index contributed by atoms with van der Waals surface area (Å²) in [5.41, 5.74) is 2.24. The van der Waals surface area contributed by atoms with E-state index in [2.05, 4.69) is 13.8 Å². The molecule has 0 aliphatic heterocycles. The standard InChI is InChI=1S/2C24H34O5S.Ca/c2*1-2-3-4-5-6-7-8-9-10-11-13-20-14-12-15-21(18-20)29-24-19-22(30(26,27)28)16-17-23(24)25;/h2*12,14-19,25H,2-11,13H2,1H3,(H,26,27,28);/q;;+2/p-2. The normalized spacial score (nSPS) is 11.3. The van der Waals surface area contributed by atoms with E-state index in [1.807, 2.05) is 36.4 Å². The van der Waals surface area contributed by atoms with Gasteiger partial charge in [-0.15, -0.1) is 0 Å². The topological polar surface area (TPSA) is 173 Å². The fourth-order valence-corrected chi connectivity index (χ4v) is 7.86. The van der Waals surface area contributed by atoms with Crippen LogP contribution in [-0.2, 0) is 33.1 Å². The Labute approximate surface area is 396 Å². The van der Waals surface area contributed by atoms with Crippen molar-refractivity contribution in [2.45, 2.75) is 165 Å². The Bertz CT molecular complexity index is 1910. The van der Waals surface area contributed by atoms with Gasteiger partial charge in [0.15, 0.2) is 11.5 Å². The average Bonchev–Trinajstić information content (AvgIpc) is 3.21. The van der Waals surface area contributed by atoms with Gasteiger partial charge in [-0.25, -0.2) is 8.42 Å². The number of hydrogen-bond donors (Lipinski definition) is 2. The number of rotatable bonds is 28. The van der Waals surface area contributed by atoms with Crippen molar-refractivity contribution in [3.05, 3.63) is 96.1 Å². The van der Waals surface area contributed by atoms with E-state index in [-0.39, 0.29) is 59.9 Å². The van der Waals surface area contributed by atoms with Crippen LogP contribution < -0.4 is 14.6 Å². The Morgan fingerprint density at radius 2 is 0.902 bits per heavy atom. The molecule has 0 amide bonds. The van der Waals surface area contributed by atoms with E-state index >= 15 is 0 Å². The van der Waals surface area contributed by atoms with Crippen LogP contribution in [0.5, 0.6) is 34.5 Å². The number of ether oxygens (including phenoxy) is 2. The molecule has 0 radical (unpaired) electrons. The maximum absolute atomic E-state index is 11.9. The van der Waals surface area contributed by atoms with E-state index < -0.39 is 30.9 Å². The molecule has 0 heterocycles. The molecule has 332 valence electrons. The molecular formula is C48H66CaO10S2. The SMILES string of the molecule is CCCCCCCCCCCCc1cccc(Oc2cc(S(=O)(=O)O)ccc2O)c1.CCCCCCCCCCCCc1cccc(Oc2cc(S(=O)(=O)[O-])ccc2[O-])c1.[Ca+2]. The molecule has 0 fully saturated rings. The molecule has 4 aromatic carbocycles. The molecule has 4 aromatic rings. The molecular weight excluding hydrogens is 841 g/mol. The van der Waals surface area contributed by atoms with Crippen molar-refractivity contribution in [1.82, 2.24) is 0 Å². The zero-order valence-corrected chi connectivity index (χ0v) is 40.2. The molecule has 0 saturated heterocycles. The summed E-state index contributed by atoms with van der Waals surface area (Å²) in [6.07, 6.45) is 27.7. The van der Waals surface area contributed by atoms with E-state index in [4.69, 9.17) is 9.47 Å². The summed E-state index contributed by atoms with van der Waals surface area (Å²) in [6, 6.07) is 21.4. The van der Waals surface area contributed by atoms with Crippen molar-refractivity contribution < 1.29 is 45.6 Å². The zero-order chi connectivity index (χ0) is 43.6. The van der Waals surface area contributed by atoms with Crippen LogP contribution in [0.2, 0.25) is 0 Å². The second-order valence-electron chi connectivity index (χ2n) is 15.5. The zero-order valence-electron chi connectivity index (χ0n) is 36.3. The molecule has 4 rings (SSSR count). The monoisotopic (exact) mass is 906 g/mol. The quantitative estimate of drug-likeness (QED) is 0.0317. The molecule has 0 aliphatic rings. The van der Waals surface area contributed by atoms with Crippen molar-refractivity contribution in [2.24, 2.45) is 0 Å². The number of aryl methyl sites for hydroxylation is 2. The van der Waals surface area contributed by atoms with Crippen molar-refractivity contribution >= 4 is 58.0 Å². The first kappa shape index (κ1) is 54.3. The molecule has 0 aromatic heterocycles. The molecule has 0 bridgehead atoms. The van der Waals surface area contributed by atoms with Gasteiger partial charge in [0.25, 0.3) is 10.1 Å². The molecule has 10 nitrogen and oxygen atoms in total. The first-order chi connectivity index (χ1) is 28.8. The number of unbranched alkanes of at least 4 members (excludes halogenated alkanes) is 18. The van der Waals surface area contributed by atoms with Crippen molar-refractivity contribution in [3.8, 4) is 34.5 Å². The van der Waals surface area contributed by atoms with E-state index in [1.165, 1.54) is 122 Å². The van der Waals surface area contributed by atoms with Crippen LogP contribution in [0, 0.1) is 0 Å². The fourth-order valence-electron chi connectivity index (χ4n) is 6.88. The number of aromatic hydroxyl groups is 1. The van der Waals surface area contributed by atoms with E-state index in [0.717, 1.165) is 67.1 Å². The Morgan fingerprint density at radius 1 is 0.508 bits per heavy atom. The van der Waals surface area contributed by atoms with Gasteiger partial charge in [-0.3, -0.25) is 4.55 Å². The Kier molecular flexibility index (Phi) is 27.0. The van der Waals surface area contributed by atoms with Gasteiger partial charge in [-0.1, -0.05) is 166 Å². The minimum Gasteiger partial charge on any atom is -0.870 e. The maximum atomic E-state index is 11.9. The van der Waals surface area contributed by atoms with Crippen LogP contribution in [0.3, 0.4) is 0 Å². The van der Waals surface area contributed by atoms with Gasteiger partial charge in [-0.2, -0.15) is 8.42 Å². The van der Waals surface area contributed by atoms with Gasteiger partial charge < -0.3 is 24.2 Å². The first-order valence-electron chi connectivity index (χ1n) is 21.9. The molecule has 0 saturated carbocycles. The van der Waals surface area contributed by atoms with Gasteiger partial charge in [0.05, 0.1) is 9.79 Å². The average molecular weight is 907 g/mol. The summed E-state index contributed by atoms with van der Waals surface area (Å²) in [5, 5.41) is 21.9. The van der Waals surface area contributed by atoms with Crippen LogP contribution in [0.4, 0.5) is 0 Å². The van der Waals surface area contributed by atoms with Crippen LogP contribution in [-0.4, -0.2) is 68.8 Å². The molecule has 2 N–H and O–H groups in total. The van der Waals surface area contributed by atoms with Gasteiger partial charge in [0.2, 0.25) is 0 Å². The number of hydrogen-bond acceptors (Lipinski definition) is 9. The molecule has 0 aliphatic carbocycles. The minimum absolute atomic E-state index is 0. The van der Waals surface area contributed by atoms with Crippen molar-refractivity contribution in [2.75, 3.05) is 0 Å². The van der Waals surface area contributed by atoms with Crippen LogP contribution in [0.15, 0.2) is 94.7 Å². The smallest absolute Gasteiger partial charge is 0.870 e. The Balaban J connectivity index is 0.000000413. The first-order valence-corrected chi connectivity index (χ1v) is 24.8. The molecule has 0 unspecified atom stereocenters. The summed E-state index contributed by atoms with van der Waals surface area (Å²) in [4.78, 5) is -0.796. The Hall–Kier alpha value is -2.84. The summed E-state index contributed by atoms with van der Waals surface area (Å²) < 4.78 is 76.5. The summed E-state index contributed by atoms with van der Waals surface area (Å²) in [7, 11) is -9.00. The van der Waals surface area contributed by atoms with Crippen molar-refractivity contribution in [3.63, 3.8) is 0 Å². The van der Waals surface area contributed by atoms with E-state index in [0.29, 0.717) is 11.5 Å². The number of benzene rings is 4. The molecule has 0 atom stereocenters. The van der Waals surface area contributed by atoms with Crippen LogP contribution in [0.1, 0.15) is 153 Å². The number of phenols is 1. The predicted molar refractivity (Wildman–Crippen MR) is 242 cm³/mol. The summed E-state index contributed by atoms with van der Waals surface area (Å²) >= 11 is 0.